The van der Waals surface area contributed by atoms with Crippen molar-refractivity contribution < 1.29 is 14.6 Å². The number of hydrogen-bond donors (Lipinski definition) is 1. The highest BCUT2D eigenvalue weighted by atomic mass is 16.6. The number of carbonyl (C=O) groups excluding carboxylic acids is 1. The number of epoxide rings is 1. The maximum atomic E-state index is 12.0. The van der Waals surface area contributed by atoms with Crippen LogP contribution in [0.25, 0.3) is 0 Å². The van der Waals surface area contributed by atoms with Crippen LogP contribution in [0.2, 0.25) is 0 Å². The quantitative estimate of drug-likeness (QED) is 0.699. The fourth-order valence-corrected chi connectivity index (χ4v) is 6.78. The number of allylic oxidation sites excluding steroid dienone is 3. The Morgan fingerprint density at radius 1 is 1.22 bits per heavy atom. The lowest BCUT2D eigenvalue weighted by atomic mass is 9.46. The monoisotopic (exact) mass is 314 g/mol. The van der Waals surface area contributed by atoms with Gasteiger partial charge in [0.15, 0.2) is 5.78 Å². The van der Waals surface area contributed by atoms with Crippen LogP contribution in [0.4, 0.5) is 0 Å². The molecule has 7 atom stereocenters. The van der Waals surface area contributed by atoms with Gasteiger partial charge in [-0.15, -0.1) is 0 Å². The predicted octanol–water partition coefficient (Wildman–Crippen LogP) is 3.03. The molecule has 0 aromatic carbocycles. The minimum absolute atomic E-state index is 0.0395. The van der Waals surface area contributed by atoms with Crippen LogP contribution in [-0.2, 0) is 9.53 Å². The fourth-order valence-electron chi connectivity index (χ4n) is 6.78. The molecule has 1 spiro atoms. The zero-order chi connectivity index (χ0) is 16.0. The van der Waals surface area contributed by atoms with Crippen molar-refractivity contribution in [1.82, 2.24) is 0 Å². The number of hydrogen-bond acceptors (Lipinski definition) is 3. The molecule has 23 heavy (non-hydrogen) atoms. The molecule has 3 heteroatoms. The Labute approximate surface area is 137 Å². The molecule has 0 radical (unpaired) electrons. The Hall–Kier alpha value is -0.930. The second kappa shape index (κ2) is 4.18. The van der Waals surface area contributed by atoms with Gasteiger partial charge < -0.3 is 9.84 Å². The molecule has 5 rings (SSSR count). The summed E-state index contributed by atoms with van der Waals surface area (Å²) in [6.07, 6.45) is 11.1. The second-order valence-electron chi connectivity index (χ2n) is 9.08. The van der Waals surface area contributed by atoms with Gasteiger partial charge in [-0.25, -0.2) is 0 Å². The van der Waals surface area contributed by atoms with Crippen LogP contribution in [0, 0.1) is 28.6 Å². The zero-order valence-electron chi connectivity index (χ0n) is 14.0. The van der Waals surface area contributed by atoms with E-state index in [1.807, 2.05) is 6.08 Å². The van der Waals surface area contributed by atoms with E-state index < -0.39 is 0 Å². The van der Waals surface area contributed by atoms with Crippen LogP contribution < -0.4 is 0 Å². The Morgan fingerprint density at radius 2 is 2.00 bits per heavy atom. The van der Waals surface area contributed by atoms with Gasteiger partial charge in [0.05, 0.1) is 12.7 Å². The van der Waals surface area contributed by atoms with E-state index >= 15 is 0 Å². The average molecular weight is 314 g/mol. The average Bonchev–Trinajstić information content (AvgIpc) is 3.21. The molecule has 0 aromatic heterocycles. The highest BCUT2D eigenvalue weighted by Crippen LogP contribution is 2.68. The standard InChI is InChI=1S/C20H26O3/c1-18-7-5-12(21)9-16(18)20(11-23-20)10-13-14-3-4-17(22)19(14,2)8-6-15(13)18/h5,7,9,13-15,17,22H,3-4,6,8,10-11H2,1-2H3/t13-,14-,15-,17-,18+,19-,20?/m0/s1. The van der Waals surface area contributed by atoms with Gasteiger partial charge in [0.1, 0.15) is 5.60 Å². The number of rotatable bonds is 0. The summed E-state index contributed by atoms with van der Waals surface area (Å²) in [6.45, 7) is 5.39. The van der Waals surface area contributed by atoms with E-state index in [9.17, 15) is 9.90 Å². The number of ether oxygens (including phenoxy) is 1. The minimum atomic E-state index is -0.178. The Balaban J connectivity index is 1.60. The molecule has 0 aromatic rings. The summed E-state index contributed by atoms with van der Waals surface area (Å²) >= 11 is 0. The smallest absolute Gasteiger partial charge is 0.178 e. The first-order valence-corrected chi connectivity index (χ1v) is 9.17. The summed E-state index contributed by atoms with van der Waals surface area (Å²) in [5.41, 5.74) is 1.11. The van der Waals surface area contributed by atoms with Crippen molar-refractivity contribution in [3.63, 3.8) is 0 Å². The van der Waals surface area contributed by atoms with Crippen molar-refractivity contribution in [1.29, 1.82) is 0 Å². The fraction of sp³-hybridized carbons (Fsp3) is 0.750. The van der Waals surface area contributed by atoms with E-state index in [-0.39, 0.29) is 28.3 Å². The highest BCUT2D eigenvalue weighted by molar-refractivity contribution is 6.01. The number of carbonyl (C=O) groups is 1. The van der Waals surface area contributed by atoms with E-state index in [1.165, 1.54) is 5.57 Å². The summed E-state index contributed by atoms with van der Waals surface area (Å²) in [4.78, 5) is 12.0. The zero-order valence-corrected chi connectivity index (χ0v) is 14.0. The topological polar surface area (TPSA) is 49.8 Å². The molecule has 1 heterocycles. The van der Waals surface area contributed by atoms with Crippen molar-refractivity contribution in [2.24, 2.45) is 28.6 Å². The largest absolute Gasteiger partial charge is 0.393 e. The van der Waals surface area contributed by atoms with Gasteiger partial charge >= 0.3 is 0 Å². The first-order chi connectivity index (χ1) is 10.9. The molecule has 5 aliphatic rings. The van der Waals surface area contributed by atoms with Gasteiger partial charge in [0.2, 0.25) is 0 Å². The van der Waals surface area contributed by atoms with Gasteiger partial charge in [0, 0.05) is 5.41 Å². The van der Waals surface area contributed by atoms with Gasteiger partial charge in [-0.05, 0) is 73.0 Å². The van der Waals surface area contributed by atoms with Crippen LogP contribution >= 0.6 is 0 Å². The van der Waals surface area contributed by atoms with Crippen molar-refractivity contribution in [2.45, 2.75) is 57.7 Å². The van der Waals surface area contributed by atoms with Crippen LogP contribution in [0.15, 0.2) is 23.8 Å². The predicted molar refractivity (Wildman–Crippen MR) is 86.7 cm³/mol. The van der Waals surface area contributed by atoms with E-state index in [1.54, 1.807) is 6.08 Å². The minimum Gasteiger partial charge on any atom is -0.393 e. The number of aliphatic hydroxyl groups is 1. The third-order valence-electron chi connectivity index (χ3n) is 8.17. The molecular formula is C20H26O3. The molecule has 0 amide bonds. The van der Waals surface area contributed by atoms with Crippen LogP contribution in [-0.4, -0.2) is 29.2 Å². The third-order valence-corrected chi connectivity index (χ3v) is 8.17. The number of ketones is 1. The van der Waals surface area contributed by atoms with Crippen LogP contribution in [0.1, 0.15) is 46.0 Å². The number of fused-ring (bicyclic) bond motifs is 6. The molecule has 3 nitrogen and oxygen atoms in total. The summed E-state index contributed by atoms with van der Waals surface area (Å²) in [5.74, 6) is 1.90. The molecule has 4 fully saturated rings. The maximum absolute atomic E-state index is 12.0. The molecule has 1 saturated heterocycles. The van der Waals surface area contributed by atoms with Crippen molar-refractivity contribution in [2.75, 3.05) is 6.61 Å². The first kappa shape index (κ1) is 14.4. The van der Waals surface area contributed by atoms with E-state index in [2.05, 4.69) is 19.9 Å². The second-order valence-corrected chi connectivity index (χ2v) is 9.08. The first-order valence-electron chi connectivity index (χ1n) is 9.17. The normalized spacial score (nSPS) is 56.8. The molecule has 124 valence electrons. The molecule has 1 N–H and O–H groups in total. The summed E-state index contributed by atoms with van der Waals surface area (Å²) in [6, 6.07) is 0. The van der Waals surface area contributed by atoms with Crippen molar-refractivity contribution in [3.8, 4) is 0 Å². The molecule has 4 aliphatic carbocycles. The van der Waals surface area contributed by atoms with E-state index in [0.717, 1.165) is 38.7 Å². The SMILES string of the molecule is C[C@]12CC[C@H]3[C@@H](CC4(CO4)C4=CC(=O)C=C[C@@]43C)[C@@H]1CC[C@@H]2O. The Morgan fingerprint density at radius 3 is 2.74 bits per heavy atom. The maximum Gasteiger partial charge on any atom is 0.178 e. The van der Waals surface area contributed by atoms with Crippen LogP contribution in [0.3, 0.4) is 0 Å². The summed E-state index contributed by atoms with van der Waals surface area (Å²) in [5, 5.41) is 10.5. The number of aliphatic hydroxyl groups excluding tert-OH is 1. The molecule has 1 aliphatic heterocycles. The molecular weight excluding hydrogens is 288 g/mol. The Bertz CT molecular complexity index is 643. The van der Waals surface area contributed by atoms with Gasteiger partial charge in [0.25, 0.3) is 0 Å². The lowest BCUT2D eigenvalue weighted by Crippen LogP contribution is -2.54. The molecule has 3 saturated carbocycles. The van der Waals surface area contributed by atoms with E-state index in [0.29, 0.717) is 17.8 Å². The van der Waals surface area contributed by atoms with Crippen molar-refractivity contribution >= 4 is 5.78 Å². The lowest BCUT2D eigenvalue weighted by molar-refractivity contribution is -0.111. The highest BCUT2D eigenvalue weighted by Gasteiger charge is 2.66. The summed E-state index contributed by atoms with van der Waals surface area (Å²) < 4.78 is 5.96. The molecule has 0 bridgehead atoms. The van der Waals surface area contributed by atoms with Crippen LogP contribution in [0.5, 0.6) is 0 Å². The molecule has 1 unspecified atom stereocenters. The summed E-state index contributed by atoms with van der Waals surface area (Å²) in [7, 11) is 0. The van der Waals surface area contributed by atoms with Gasteiger partial charge in [-0.3, -0.25) is 4.79 Å². The van der Waals surface area contributed by atoms with Crippen molar-refractivity contribution in [3.05, 3.63) is 23.8 Å². The van der Waals surface area contributed by atoms with Gasteiger partial charge in [-0.2, -0.15) is 0 Å². The van der Waals surface area contributed by atoms with E-state index in [4.69, 9.17) is 4.74 Å². The lowest BCUT2D eigenvalue weighted by Gasteiger charge is -2.58. The third kappa shape index (κ3) is 1.65. The Kier molecular flexibility index (Phi) is 2.62. The van der Waals surface area contributed by atoms with Gasteiger partial charge in [-0.1, -0.05) is 19.9 Å².